The van der Waals surface area contributed by atoms with Gasteiger partial charge in [0.05, 0.1) is 11.7 Å². The highest BCUT2D eigenvalue weighted by Crippen LogP contribution is 2.46. The van der Waals surface area contributed by atoms with Crippen LogP contribution >= 0.6 is 0 Å². The van der Waals surface area contributed by atoms with Gasteiger partial charge in [0.2, 0.25) is 12.7 Å². The number of barbiturate groups is 1. The molecular weight excluding hydrogens is 503 g/mol. The van der Waals surface area contributed by atoms with E-state index in [-0.39, 0.29) is 18.9 Å². The molecule has 0 aromatic heterocycles. The molecule has 2 fully saturated rings. The van der Waals surface area contributed by atoms with Gasteiger partial charge in [0.25, 0.3) is 5.91 Å². The molecule has 4 aliphatic heterocycles. The molecule has 0 bridgehead atoms. The van der Waals surface area contributed by atoms with E-state index in [0.717, 1.165) is 21.7 Å². The zero-order valence-corrected chi connectivity index (χ0v) is 20.9. The number of anilines is 2. The molecule has 3 aromatic carbocycles. The molecule has 0 saturated carbocycles. The number of nitrogens with zero attached hydrogens (tertiary/aromatic N) is 3. The first-order valence-electron chi connectivity index (χ1n) is 12.8. The average molecular weight is 529 g/mol. The van der Waals surface area contributed by atoms with Crippen LogP contribution in [0.15, 0.2) is 66.7 Å². The summed E-state index contributed by atoms with van der Waals surface area (Å²) in [7, 11) is 0. The minimum atomic E-state index is -1.55. The van der Waals surface area contributed by atoms with E-state index < -0.39 is 35.1 Å². The second-order valence-electron chi connectivity index (χ2n) is 10.3. The first-order valence-corrected chi connectivity index (χ1v) is 12.8. The van der Waals surface area contributed by atoms with Gasteiger partial charge in [-0.25, -0.2) is 14.1 Å². The van der Waals surface area contributed by atoms with E-state index in [9.17, 15) is 18.8 Å². The van der Waals surface area contributed by atoms with Gasteiger partial charge in [-0.1, -0.05) is 24.3 Å². The molecule has 3 aromatic rings. The Bertz CT molecular complexity index is 1510. The first kappa shape index (κ1) is 23.7. The minimum absolute atomic E-state index is 0.151. The van der Waals surface area contributed by atoms with Crippen molar-refractivity contribution in [2.45, 2.75) is 19.0 Å². The number of halogens is 1. The molecule has 4 heterocycles. The van der Waals surface area contributed by atoms with Gasteiger partial charge in [0.15, 0.2) is 16.9 Å². The normalized spacial score (nSPS) is 24.0. The summed E-state index contributed by atoms with van der Waals surface area (Å²) in [6.45, 7) is 2.52. The Hall–Kier alpha value is -4.44. The third-order valence-electron chi connectivity index (χ3n) is 8.15. The van der Waals surface area contributed by atoms with Gasteiger partial charge in [-0.3, -0.25) is 19.8 Å². The van der Waals surface area contributed by atoms with Crippen molar-refractivity contribution in [1.82, 2.24) is 10.2 Å². The van der Waals surface area contributed by atoms with Crippen LogP contribution in [0.3, 0.4) is 0 Å². The van der Waals surface area contributed by atoms with Gasteiger partial charge in [-0.15, -0.1) is 0 Å². The number of imide groups is 2. The molecule has 1 N–H and O–H groups in total. The molecule has 9 nitrogen and oxygen atoms in total. The first-order chi connectivity index (χ1) is 18.9. The van der Waals surface area contributed by atoms with Crippen molar-refractivity contribution in [3.63, 3.8) is 0 Å². The number of hydrogen-bond acceptors (Lipinski definition) is 7. The van der Waals surface area contributed by atoms with Crippen LogP contribution in [0, 0.1) is 11.2 Å². The molecule has 0 unspecified atom stereocenters. The van der Waals surface area contributed by atoms with Crippen LogP contribution in [0.4, 0.5) is 20.6 Å². The quantitative estimate of drug-likeness (QED) is 0.523. The molecule has 39 heavy (non-hydrogen) atoms. The fourth-order valence-corrected chi connectivity index (χ4v) is 6.28. The smallest absolute Gasteiger partial charge is 0.335 e. The van der Waals surface area contributed by atoms with E-state index in [1.165, 1.54) is 24.3 Å². The summed E-state index contributed by atoms with van der Waals surface area (Å²) in [5.74, 6) is -0.285. The number of rotatable bonds is 3. The molecule has 0 aliphatic carbocycles. The molecule has 7 rings (SSSR count). The van der Waals surface area contributed by atoms with Crippen LogP contribution in [0.25, 0.3) is 0 Å². The molecule has 2 atom stereocenters. The highest BCUT2D eigenvalue weighted by atomic mass is 19.1. The van der Waals surface area contributed by atoms with Crippen LogP contribution < -0.4 is 24.6 Å². The van der Waals surface area contributed by atoms with Crippen molar-refractivity contribution < 1.29 is 28.2 Å². The third kappa shape index (κ3) is 3.66. The zero-order chi connectivity index (χ0) is 26.7. The zero-order valence-electron chi connectivity index (χ0n) is 20.9. The van der Waals surface area contributed by atoms with Gasteiger partial charge >= 0.3 is 6.03 Å². The van der Waals surface area contributed by atoms with E-state index in [1.54, 1.807) is 0 Å². The maximum Gasteiger partial charge on any atom is 0.335 e. The number of fused-ring (bicyclic) bond motifs is 5. The van der Waals surface area contributed by atoms with E-state index in [4.69, 9.17) is 9.47 Å². The topological polar surface area (TPSA) is 91.4 Å². The van der Waals surface area contributed by atoms with Gasteiger partial charge < -0.3 is 14.4 Å². The summed E-state index contributed by atoms with van der Waals surface area (Å²) in [6.07, 6.45) is 0.151. The van der Waals surface area contributed by atoms with Gasteiger partial charge in [-0.2, -0.15) is 0 Å². The number of hydrogen-bond donors (Lipinski definition) is 1. The largest absolute Gasteiger partial charge is 0.454 e. The predicted molar refractivity (Wildman–Crippen MR) is 139 cm³/mol. The number of para-hydroxylation sites is 1. The molecule has 4 aliphatic rings. The van der Waals surface area contributed by atoms with Crippen LogP contribution in [0.2, 0.25) is 0 Å². The molecule has 4 amide bonds. The lowest BCUT2D eigenvalue weighted by Gasteiger charge is -2.55. The fourth-order valence-electron chi connectivity index (χ4n) is 6.28. The molecule has 0 radical (unpaired) electrons. The van der Waals surface area contributed by atoms with Gasteiger partial charge in [-0.05, 0) is 60.0 Å². The van der Waals surface area contributed by atoms with Gasteiger partial charge in [0.1, 0.15) is 5.82 Å². The van der Waals surface area contributed by atoms with Crippen molar-refractivity contribution in [3.05, 3.63) is 83.7 Å². The van der Waals surface area contributed by atoms with Crippen LogP contribution in [-0.2, 0) is 22.6 Å². The third-order valence-corrected chi connectivity index (χ3v) is 8.15. The van der Waals surface area contributed by atoms with Crippen LogP contribution in [-0.4, -0.2) is 55.2 Å². The maximum absolute atomic E-state index is 14.3. The highest BCUT2D eigenvalue weighted by molar-refractivity contribution is 6.30. The average Bonchev–Trinajstić information content (AvgIpc) is 3.41. The lowest BCUT2D eigenvalue weighted by Crippen LogP contribution is -2.75. The second-order valence-corrected chi connectivity index (χ2v) is 10.3. The predicted octanol–water partition coefficient (Wildman–Crippen LogP) is 3.07. The molecule has 198 valence electrons. The Balaban J connectivity index is 1.27. The van der Waals surface area contributed by atoms with Crippen molar-refractivity contribution >= 4 is 29.2 Å². The second kappa shape index (κ2) is 8.81. The maximum atomic E-state index is 14.3. The van der Waals surface area contributed by atoms with Crippen LogP contribution in [0.1, 0.15) is 11.1 Å². The van der Waals surface area contributed by atoms with Gasteiger partial charge in [0, 0.05) is 31.9 Å². The number of nitrogens with one attached hydrogen (secondary N) is 1. The summed E-state index contributed by atoms with van der Waals surface area (Å²) in [6, 6.07) is 17.4. The monoisotopic (exact) mass is 528 g/mol. The summed E-state index contributed by atoms with van der Waals surface area (Å²) in [5, 5.41) is 2.45. The van der Waals surface area contributed by atoms with Crippen molar-refractivity contribution in [2.24, 2.45) is 5.41 Å². The summed E-state index contributed by atoms with van der Waals surface area (Å²) >= 11 is 0. The number of carbonyl (C=O) groups is 3. The van der Waals surface area contributed by atoms with E-state index >= 15 is 0 Å². The number of amides is 4. The highest BCUT2D eigenvalue weighted by Gasteiger charge is 2.63. The number of urea groups is 1. The van der Waals surface area contributed by atoms with E-state index in [2.05, 4.69) is 15.1 Å². The number of ether oxygens (including phenoxy) is 2. The number of carbonyl (C=O) groups excluding carboxylic acids is 3. The number of benzene rings is 3. The number of piperazine rings is 1. The minimum Gasteiger partial charge on any atom is -0.454 e. The molecule has 2 saturated heterocycles. The Kier molecular flexibility index (Phi) is 5.34. The Morgan fingerprint density at radius 2 is 1.74 bits per heavy atom. The molecule has 10 heteroatoms. The standard InChI is InChI=1S/C29H25FN4O5/c30-20-6-8-21(9-7-20)34-27(36)29(26(35)31-28(34)37)14-19-3-1-2-4-22(19)33-12-11-32(16-25(29)33)15-18-5-10-23-24(13-18)39-17-38-23/h1-10,13,25H,11-12,14-17H2,(H,31,35,37)/t25-,29-/m1/s1. The van der Waals surface area contributed by atoms with Crippen molar-refractivity contribution in [1.29, 1.82) is 0 Å². The SMILES string of the molecule is O=C1NC(=O)[C@]2(Cc3ccccc3N3CCN(Cc4ccc5c(c4)OCO5)C[C@@H]32)C(=O)N1c1ccc(F)cc1. The summed E-state index contributed by atoms with van der Waals surface area (Å²) in [4.78, 5) is 46.4. The Morgan fingerprint density at radius 3 is 2.59 bits per heavy atom. The van der Waals surface area contributed by atoms with Crippen LogP contribution in [0.5, 0.6) is 11.5 Å². The van der Waals surface area contributed by atoms with E-state index in [0.29, 0.717) is 37.7 Å². The Labute approximate surface area is 223 Å². The fraction of sp³-hybridized carbons (Fsp3) is 0.276. The molecule has 1 spiro atoms. The summed E-state index contributed by atoms with van der Waals surface area (Å²) < 4.78 is 24.6. The molecular formula is C29H25FN4O5. The van der Waals surface area contributed by atoms with E-state index in [1.807, 2.05) is 42.5 Å². The lowest BCUT2D eigenvalue weighted by atomic mass is 9.67. The summed E-state index contributed by atoms with van der Waals surface area (Å²) in [5.41, 5.74) is 1.55. The Morgan fingerprint density at radius 1 is 0.949 bits per heavy atom. The van der Waals surface area contributed by atoms with Crippen molar-refractivity contribution in [3.8, 4) is 11.5 Å². The lowest BCUT2D eigenvalue weighted by molar-refractivity contribution is -0.145. The van der Waals surface area contributed by atoms with Crippen molar-refractivity contribution in [2.75, 3.05) is 36.2 Å².